The molecule has 0 N–H and O–H groups in total. The molecule has 1 saturated heterocycles. The zero-order valence-electron chi connectivity index (χ0n) is 10.5. The topological polar surface area (TPSA) is 3.24 Å². The molecule has 0 amide bonds. The van der Waals surface area contributed by atoms with E-state index in [4.69, 9.17) is 0 Å². The molecule has 1 unspecified atom stereocenters. The van der Waals surface area contributed by atoms with E-state index in [9.17, 15) is 0 Å². The van der Waals surface area contributed by atoms with Gasteiger partial charge in [0, 0.05) is 12.1 Å². The van der Waals surface area contributed by atoms with E-state index in [1.54, 1.807) is 5.57 Å². The van der Waals surface area contributed by atoms with Crippen LogP contribution in [0.2, 0.25) is 0 Å². The molecule has 2 aliphatic rings. The van der Waals surface area contributed by atoms with Crippen molar-refractivity contribution in [3.8, 4) is 0 Å². The highest BCUT2D eigenvalue weighted by Gasteiger charge is 2.41. The largest absolute Gasteiger partial charge is 0.295 e. The third kappa shape index (κ3) is 2.01. The lowest BCUT2D eigenvalue weighted by Gasteiger charge is -2.38. The SMILES string of the molecule is C[N+]1(C)C=CC=C2CN(S(C)(C)C)CC21. The van der Waals surface area contributed by atoms with Crippen LogP contribution in [0.3, 0.4) is 0 Å². The second-order valence-corrected chi connectivity index (χ2v) is 9.88. The zero-order chi connectivity index (χ0) is 11.3. The Balaban J connectivity index is 2.22. The van der Waals surface area contributed by atoms with Crippen LogP contribution >= 0.6 is 10.2 Å². The van der Waals surface area contributed by atoms with E-state index in [0.717, 1.165) is 4.48 Å². The van der Waals surface area contributed by atoms with Gasteiger partial charge in [0.2, 0.25) is 0 Å². The zero-order valence-corrected chi connectivity index (χ0v) is 11.3. The number of rotatable bonds is 1. The normalized spacial score (nSPS) is 31.3. The fraction of sp³-hybridized carbons (Fsp3) is 0.667. The second kappa shape index (κ2) is 3.37. The number of hydrogen-bond donors (Lipinski definition) is 0. The smallest absolute Gasteiger partial charge is 0.130 e. The van der Waals surface area contributed by atoms with Crippen LogP contribution in [0.4, 0.5) is 0 Å². The van der Waals surface area contributed by atoms with Crippen molar-refractivity contribution in [3.05, 3.63) is 23.9 Å². The van der Waals surface area contributed by atoms with Gasteiger partial charge in [0.25, 0.3) is 0 Å². The standard InChI is InChI=1S/C12H23N2S/c1-14(2)8-6-7-11-9-13(10-12(11)14)15(3,4)5/h6-8,12H,9-10H2,1-5H3/q+1. The predicted octanol–water partition coefficient (Wildman–Crippen LogP) is 1.81. The van der Waals surface area contributed by atoms with Gasteiger partial charge in [-0.1, -0.05) is 6.08 Å². The van der Waals surface area contributed by atoms with E-state index in [-0.39, 0.29) is 0 Å². The number of nitrogens with zero attached hydrogens (tertiary/aromatic N) is 2. The van der Waals surface area contributed by atoms with Crippen molar-refractivity contribution in [1.29, 1.82) is 0 Å². The Labute approximate surface area is 95.3 Å². The fourth-order valence-electron chi connectivity index (χ4n) is 2.39. The van der Waals surface area contributed by atoms with Crippen molar-refractivity contribution in [2.24, 2.45) is 0 Å². The summed E-state index contributed by atoms with van der Waals surface area (Å²) in [6, 6.07) is 0.682. The maximum Gasteiger partial charge on any atom is 0.130 e. The molecule has 2 aliphatic heterocycles. The van der Waals surface area contributed by atoms with Crippen molar-refractivity contribution < 1.29 is 4.48 Å². The van der Waals surface area contributed by atoms with Crippen LogP contribution in [0.1, 0.15) is 0 Å². The van der Waals surface area contributed by atoms with E-state index >= 15 is 0 Å². The summed E-state index contributed by atoms with van der Waals surface area (Å²) in [6.07, 6.45) is 14.0. The molecule has 0 bridgehead atoms. The van der Waals surface area contributed by atoms with E-state index in [0.29, 0.717) is 6.04 Å². The Hall–Kier alpha value is -0.250. The van der Waals surface area contributed by atoms with Gasteiger partial charge in [0.1, 0.15) is 6.04 Å². The van der Waals surface area contributed by atoms with Crippen LogP contribution in [-0.2, 0) is 0 Å². The predicted molar refractivity (Wildman–Crippen MR) is 70.1 cm³/mol. The molecule has 2 nitrogen and oxygen atoms in total. The Morgan fingerprint density at radius 3 is 2.53 bits per heavy atom. The summed E-state index contributed by atoms with van der Waals surface area (Å²) in [7, 11) is 4.05. The summed E-state index contributed by atoms with van der Waals surface area (Å²) >= 11 is 0. The Morgan fingerprint density at radius 1 is 1.33 bits per heavy atom. The molecule has 0 spiro atoms. The molecule has 15 heavy (non-hydrogen) atoms. The Kier molecular flexibility index (Phi) is 2.53. The fourth-order valence-corrected chi connectivity index (χ4v) is 3.52. The highest BCUT2D eigenvalue weighted by atomic mass is 32.3. The third-order valence-electron chi connectivity index (χ3n) is 3.52. The molecule has 1 fully saturated rings. The van der Waals surface area contributed by atoms with Crippen molar-refractivity contribution in [1.82, 2.24) is 4.31 Å². The summed E-state index contributed by atoms with van der Waals surface area (Å²) in [5.74, 6) is 0. The molecule has 0 aromatic heterocycles. The first kappa shape index (κ1) is 11.2. The number of allylic oxidation sites excluding steroid dienone is 2. The van der Waals surface area contributed by atoms with Crippen molar-refractivity contribution >= 4 is 10.2 Å². The minimum atomic E-state index is -0.556. The monoisotopic (exact) mass is 227 g/mol. The maximum absolute atomic E-state index is 2.66. The molecule has 86 valence electrons. The molecule has 0 saturated carbocycles. The quantitative estimate of drug-likeness (QED) is 0.618. The number of likely N-dealkylation sites (N-methyl/N-ethyl adjacent to an activating group) is 1. The second-order valence-electron chi connectivity index (χ2n) is 5.82. The van der Waals surface area contributed by atoms with Gasteiger partial charge in [0.05, 0.1) is 26.8 Å². The third-order valence-corrected chi connectivity index (χ3v) is 5.35. The molecule has 0 aromatic rings. The molecule has 0 radical (unpaired) electrons. The van der Waals surface area contributed by atoms with E-state index < -0.39 is 10.2 Å². The van der Waals surface area contributed by atoms with Crippen LogP contribution in [0.15, 0.2) is 23.9 Å². The first-order chi connectivity index (χ1) is 6.81. The van der Waals surface area contributed by atoms with Crippen molar-refractivity contribution in [2.75, 3.05) is 46.0 Å². The lowest BCUT2D eigenvalue weighted by atomic mass is 10.1. The molecular weight excluding hydrogens is 204 g/mol. The summed E-state index contributed by atoms with van der Waals surface area (Å²) in [6.45, 7) is 2.40. The van der Waals surface area contributed by atoms with Crippen LogP contribution in [0.5, 0.6) is 0 Å². The van der Waals surface area contributed by atoms with Gasteiger partial charge in [-0.2, -0.15) is 10.2 Å². The first-order valence-electron chi connectivity index (χ1n) is 5.46. The summed E-state index contributed by atoms with van der Waals surface area (Å²) < 4.78 is 3.67. The Bertz CT molecular complexity index is 323. The van der Waals surface area contributed by atoms with Gasteiger partial charge in [0.15, 0.2) is 0 Å². The van der Waals surface area contributed by atoms with Gasteiger partial charge in [-0.25, -0.2) is 0 Å². The minimum Gasteiger partial charge on any atom is -0.295 e. The van der Waals surface area contributed by atoms with Gasteiger partial charge in [-0.15, -0.1) is 0 Å². The lowest BCUT2D eigenvalue weighted by Crippen LogP contribution is -2.47. The molecule has 0 aliphatic carbocycles. The maximum atomic E-state index is 2.66. The van der Waals surface area contributed by atoms with Gasteiger partial charge >= 0.3 is 0 Å². The average molecular weight is 227 g/mol. The van der Waals surface area contributed by atoms with E-state index in [1.165, 1.54) is 13.1 Å². The van der Waals surface area contributed by atoms with Gasteiger partial charge in [-0.3, -0.25) is 8.79 Å². The van der Waals surface area contributed by atoms with Crippen LogP contribution in [0, 0.1) is 0 Å². The van der Waals surface area contributed by atoms with Crippen LogP contribution < -0.4 is 0 Å². The van der Waals surface area contributed by atoms with E-state index in [1.807, 2.05) is 0 Å². The van der Waals surface area contributed by atoms with Crippen LogP contribution in [0.25, 0.3) is 0 Å². The molecule has 0 aromatic carbocycles. The van der Waals surface area contributed by atoms with Crippen molar-refractivity contribution in [2.45, 2.75) is 6.04 Å². The summed E-state index contributed by atoms with van der Waals surface area (Å²) in [5.41, 5.74) is 1.62. The number of hydrogen-bond acceptors (Lipinski definition) is 1. The molecule has 2 rings (SSSR count). The molecule has 1 atom stereocenters. The molecule has 3 heteroatoms. The summed E-state index contributed by atoms with van der Waals surface area (Å²) in [5, 5.41) is 0. The lowest BCUT2D eigenvalue weighted by molar-refractivity contribution is -0.858. The van der Waals surface area contributed by atoms with Gasteiger partial charge in [-0.05, 0) is 24.8 Å². The summed E-state index contributed by atoms with van der Waals surface area (Å²) in [4.78, 5) is 0. The van der Waals surface area contributed by atoms with Crippen molar-refractivity contribution in [3.63, 3.8) is 0 Å². The number of fused-ring (bicyclic) bond motifs is 1. The van der Waals surface area contributed by atoms with Crippen LogP contribution in [-0.4, -0.2) is 60.8 Å². The van der Waals surface area contributed by atoms with Gasteiger partial charge < -0.3 is 0 Å². The average Bonchev–Trinajstić information content (AvgIpc) is 2.47. The molecule has 2 heterocycles. The first-order valence-corrected chi connectivity index (χ1v) is 8.27. The number of quaternary nitrogens is 1. The molecular formula is C12H23N2S+. The Morgan fingerprint density at radius 2 is 2.00 bits per heavy atom. The van der Waals surface area contributed by atoms with E-state index in [2.05, 4.69) is 55.5 Å². The highest BCUT2D eigenvalue weighted by Crippen LogP contribution is 2.45. The minimum absolute atomic E-state index is 0.556. The highest BCUT2D eigenvalue weighted by molar-refractivity contribution is 8.30.